The van der Waals surface area contributed by atoms with E-state index < -0.39 is 0 Å². The second kappa shape index (κ2) is 10.3. The summed E-state index contributed by atoms with van der Waals surface area (Å²) in [5, 5.41) is 8.42. The monoisotopic (exact) mass is 498 g/mol. The number of anilines is 2. The van der Waals surface area contributed by atoms with Crippen molar-refractivity contribution in [2.45, 2.75) is 6.92 Å². The highest BCUT2D eigenvalue weighted by atomic mass is 35.5. The van der Waals surface area contributed by atoms with Gasteiger partial charge in [-0.25, -0.2) is 0 Å². The first-order valence-electron chi connectivity index (χ1n) is 10.5. The van der Waals surface area contributed by atoms with Gasteiger partial charge >= 0.3 is 0 Å². The Hall–Kier alpha value is -2.94. The van der Waals surface area contributed by atoms with Crippen molar-refractivity contribution >= 4 is 63.5 Å². The molecule has 33 heavy (non-hydrogen) atoms. The van der Waals surface area contributed by atoms with Gasteiger partial charge in [-0.15, -0.1) is 11.3 Å². The summed E-state index contributed by atoms with van der Waals surface area (Å²) >= 11 is 13.3. The standard InChI is InChI=1S/C24H23ClN4O2S2/c1-16-7-9-17(10-8-16)23(31)29-13-11-28(12-14-29)21-18(25)4-2-5-19(21)26-24(32)27-22(30)20-6-3-15-33-20/h2-10,15H,11-14H2,1H3,(H2,26,27,30,32). The number of carbonyl (C=O) groups excluding carboxylic acids is 2. The minimum Gasteiger partial charge on any atom is -0.365 e. The Labute approximate surface area is 207 Å². The van der Waals surface area contributed by atoms with Gasteiger partial charge in [0.2, 0.25) is 0 Å². The van der Waals surface area contributed by atoms with Gasteiger partial charge < -0.3 is 15.1 Å². The zero-order valence-electron chi connectivity index (χ0n) is 18.0. The fraction of sp³-hybridized carbons (Fsp3) is 0.208. The lowest BCUT2D eigenvalue weighted by Crippen LogP contribution is -2.49. The fourth-order valence-corrected chi connectivity index (χ4v) is 4.79. The Morgan fingerprint density at radius 2 is 1.73 bits per heavy atom. The number of hydrogen-bond donors (Lipinski definition) is 2. The maximum Gasteiger partial charge on any atom is 0.267 e. The van der Waals surface area contributed by atoms with E-state index in [1.165, 1.54) is 11.3 Å². The van der Waals surface area contributed by atoms with Crippen molar-refractivity contribution in [3.8, 4) is 0 Å². The highest BCUT2D eigenvalue weighted by molar-refractivity contribution is 7.80. The van der Waals surface area contributed by atoms with E-state index in [4.69, 9.17) is 23.8 Å². The number of benzene rings is 2. The third-order valence-corrected chi connectivity index (χ3v) is 6.77. The average Bonchev–Trinajstić information content (AvgIpc) is 3.35. The van der Waals surface area contributed by atoms with Gasteiger partial charge in [0, 0.05) is 31.7 Å². The van der Waals surface area contributed by atoms with Gasteiger partial charge in [0.25, 0.3) is 11.8 Å². The molecule has 2 N–H and O–H groups in total. The van der Waals surface area contributed by atoms with Gasteiger partial charge in [-0.2, -0.15) is 0 Å². The van der Waals surface area contributed by atoms with Crippen LogP contribution >= 0.6 is 35.2 Å². The van der Waals surface area contributed by atoms with E-state index in [9.17, 15) is 9.59 Å². The van der Waals surface area contributed by atoms with Crippen molar-refractivity contribution < 1.29 is 9.59 Å². The lowest BCUT2D eigenvalue weighted by atomic mass is 10.1. The molecule has 1 saturated heterocycles. The number of hydrogen-bond acceptors (Lipinski definition) is 5. The fourth-order valence-electron chi connectivity index (χ4n) is 3.68. The maximum absolute atomic E-state index is 12.8. The Morgan fingerprint density at radius 3 is 2.39 bits per heavy atom. The van der Waals surface area contributed by atoms with Gasteiger partial charge in [-0.3, -0.25) is 14.9 Å². The van der Waals surface area contributed by atoms with Crippen molar-refractivity contribution in [3.63, 3.8) is 0 Å². The van der Waals surface area contributed by atoms with Gasteiger partial charge in [0.05, 0.1) is 21.3 Å². The number of amides is 2. The average molecular weight is 499 g/mol. The van der Waals surface area contributed by atoms with Crippen LogP contribution in [0.25, 0.3) is 0 Å². The number of nitrogens with one attached hydrogen (secondary N) is 2. The van der Waals surface area contributed by atoms with Crippen LogP contribution in [0.4, 0.5) is 11.4 Å². The van der Waals surface area contributed by atoms with Crippen LogP contribution in [0.1, 0.15) is 25.6 Å². The number of aryl methyl sites for hydroxylation is 1. The minimum atomic E-state index is -0.255. The smallest absolute Gasteiger partial charge is 0.267 e. The molecule has 0 radical (unpaired) electrons. The summed E-state index contributed by atoms with van der Waals surface area (Å²) in [6.45, 7) is 4.42. The number of nitrogens with zero attached hydrogens (tertiary/aromatic N) is 2. The third-order valence-electron chi connectivity index (χ3n) is 5.39. The summed E-state index contributed by atoms with van der Waals surface area (Å²) in [4.78, 5) is 29.7. The van der Waals surface area contributed by atoms with Crippen molar-refractivity contribution in [2.24, 2.45) is 0 Å². The summed E-state index contributed by atoms with van der Waals surface area (Å²) in [6, 6.07) is 16.7. The summed E-state index contributed by atoms with van der Waals surface area (Å²) in [5.74, 6) is -0.223. The number of thiophene rings is 1. The number of halogens is 1. The number of piperazine rings is 1. The Balaban J connectivity index is 1.42. The van der Waals surface area contributed by atoms with E-state index >= 15 is 0 Å². The Bertz CT molecular complexity index is 1160. The van der Waals surface area contributed by atoms with Crippen LogP contribution in [0.15, 0.2) is 60.0 Å². The summed E-state index contributed by atoms with van der Waals surface area (Å²) in [7, 11) is 0. The van der Waals surface area contributed by atoms with Gasteiger partial charge in [-0.1, -0.05) is 41.4 Å². The predicted octanol–water partition coefficient (Wildman–Crippen LogP) is 4.80. The number of carbonyl (C=O) groups is 2. The van der Waals surface area contributed by atoms with E-state index in [1.807, 2.05) is 65.7 Å². The molecule has 2 heterocycles. The number of para-hydroxylation sites is 1. The van der Waals surface area contributed by atoms with Gasteiger partial charge in [0.15, 0.2) is 5.11 Å². The molecule has 1 aromatic heterocycles. The highest BCUT2D eigenvalue weighted by Gasteiger charge is 2.25. The van der Waals surface area contributed by atoms with Crippen LogP contribution in [0, 0.1) is 6.92 Å². The molecular weight excluding hydrogens is 476 g/mol. The highest BCUT2D eigenvalue weighted by Crippen LogP contribution is 2.34. The van der Waals surface area contributed by atoms with Crippen LogP contribution in [0.2, 0.25) is 5.02 Å². The summed E-state index contributed by atoms with van der Waals surface area (Å²) in [6.07, 6.45) is 0. The first-order chi connectivity index (χ1) is 15.9. The molecule has 0 spiro atoms. The van der Waals surface area contributed by atoms with E-state index in [2.05, 4.69) is 15.5 Å². The normalized spacial score (nSPS) is 13.5. The number of thiocarbonyl (C=S) groups is 1. The van der Waals surface area contributed by atoms with E-state index in [-0.39, 0.29) is 16.9 Å². The zero-order chi connectivity index (χ0) is 23.4. The molecule has 2 aromatic carbocycles. The molecule has 0 unspecified atom stereocenters. The summed E-state index contributed by atoms with van der Waals surface area (Å²) < 4.78 is 0. The predicted molar refractivity (Wildman–Crippen MR) is 139 cm³/mol. The molecule has 0 atom stereocenters. The van der Waals surface area contributed by atoms with Crippen molar-refractivity contribution in [3.05, 3.63) is 81.0 Å². The Morgan fingerprint density at radius 1 is 1.00 bits per heavy atom. The maximum atomic E-state index is 12.8. The SMILES string of the molecule is Cc1ccc(C(=O)N2CCN(c3c(Cl)cccc3NC(=S)NC(=O)c3cccs3)CC2)cc1. The lowest BCUT2D eigenvalue weighted by Gasteiger charge is -2.37. The van der Waals surface area contributed by atoms with Gasteiger partial charge in [-0.05, 0) is 54.9 Å². The van der Waals surface area contributed by atoms with E-state index in [1.54, 1.807) is 6.07 Å². The molecule has 4 rings (SSSR count). The third kappa shape index (κ3) is 5.52. The van der Waals surface area contributed by atoms with Crippen LogP contribution in [-0.2, 0) is 0 Å². The molecule has 0 bridgehead atoms. The van der Waals surface area contributed by atoms with Crippen molar-refractivity contribution in [2.75, 3.05) is 36.4 Å². The minimum absolute atomic E-state index is 0.0321. The molecule has 2 amide bonds. The van der Waals surface area contributed by atoms with Crippen LogP contribution in [0.5, 0.6) is 0 Å². The van der Waals surface area contributed by atoms with Crippen LogP contribution in [0.3, 0.4) is 0 Å². The van der Waals surface area contributed by atoms with Crippen LogP contribution < -0.4 is 15.5 Å². The zero-order valence-corrected chi connectivity index (χ0v) is 20.4. The van der Waals surface area contributed by atoms with E-state index in [0.717, 1.165) is 11.3 Å². The molecule has 1 fully saturated rings. The first kappa shape index (κ1) is 23.2. The van der Waals surface area contributed by atoms with E-state index in [0.29, 0.717) is 47.3 Å². The largest absolute Gasteiger partial charge is 0.365 e. The van der Waals surface area contributed by atoms with Crippen molar-refractivity contribution in [1.29, 1.82) is 0 Å². The summed E-state index contributed by atoms with van der Waals surface area (Å²) in [5.41, 5.74) is 3.33. The van der Waals surface area contributed by atoms with Crippen LogP contribution in [-0.4, -0.2) is 48.0 Å². The molecule has 1 aliphatic rings. The lowest BCUT2D eigenvalue weighted by molar-refractivity contribution is 0.0746. The molecule has 3 aromatic rings. The van der Waals surface area contributed by atoms with Gasteiger partial charge in [0.1, 0.15) is 0 Å². The number of rotatable bonds is 4. The topological polar surface area (TPSA) is 64.7 Å². The molecule has 170 valence electrons. The molecule has 6 nitrogen and oxygen atoms in total. The molecule has 9 heteroatoms. The van der Waals surface area contributed by atoms with Crippen molar-refractivity contribution in [1.82, 2.24) is 10.2 Å². The molecular formula is C24H23ClN4O2S2. The second-order valence-corrected chi connectivity index (χ2v) is 9.43. The molecule has 1 aliphatic heterocycles. The first-order valence-corrected chi connectivity index (χ1v) is 12.1. The quantitative estimate of drug-likeness (QED) is 0.506. The Kier molecular flexibility index (Phi) is 7.27. The second-order valence-electron chi connectivity index (χ2n) is 7.67. The molecule has 0 aliphatic carbocycles. The molecule has 0 saturated carbocycles.